The van der Waals surface area contributed by atoms with Gasteiger partial charge in [-0.1, -0.05) is 30.3 Å². The molecule has 0 unspecified atom stereocenters. The van der Waals surface area contributed by atoms with Crippen LogP contribution in [-0.2, 0) is 19.1 Å². The minimum atomic E-state index is -0.304. The normalized spacial score (nSPS) is 35.6. The lowest BCUT2D eigenvalue weighted by atomic mass is 9.86. The molecule has 4 atom stereocenters. The van der Waals surface area contributed by atoms with Crippen LogP contribution in [0.3, 0.4) is 0 Å². The zero-order valence-electron chi connectivity index (χ0n) is 11.6. The Hall–Kier alpha value is -1.88. The molecule has 1 aromatic rings. The number of hydrogen-bond acceptors (Lipinski definition) is 5. The molecule has 21 heavy (non-hydrogen) atoms. The van der Waals surface area contributed by atoms with Crippen LogP contribution in [-0.4, -0.2) is 42.6 Å². The lowest BCUT2D eigenvalue weighted by molar-refractivity contribution is -0.163. The quantitative estimate of drug-likeness (QED) is 0.725. The van der Waals surface area contributed by atoms with Crippen LogP contribution in [0.1, 0.15) is 18.0 Å². The van der Waals surface area contributed by atoms with E-state index in [9.17, 15) is 9.59 Å². The molecule has 3 fully saturated rings. The third kappa shape index (κ3) is 1.95. The summed E-state index contributed by atoms with van der Waals surface area (Å²) in [5.41, 5.74) is 1.13. The molecule has 1 aromatic carbocycles. The van der Waals surface area contributed by atoms with Gasteiger partial charge in [0.15, 0.2) is 0 Å². The zero-order valence-corrected chi connectivity index (χ0v) is 11.6. The number of cyclic esters (lactones) is 2. The molecule has 0 saturated carbocycles. The van der Waals surface area contributed by atoms with Gasteiger partial charge in [-0.3, -0.25) is 14.5 Å². The Morgan fingerprint density at radius 1 is 1.05 bits per heavy atom. The number of rotatable bonds is 1. The molecule has 5 nitrogen and oxygen atoms in total. The Labute approximate surface area is 122 Å². The van der Waals surface area contributed by atoms with Gasteiger partial charge in [-0.05, 0) is 12.0 Å². The lowest BCUT2D eigenvalue weighted by Gasteiger charge is -2.38. The first kappa shape index (κ1) is 12.8. The number of morpholine rings is 1. The number of nitrogens with zero attached hydrogens (tertiary/aromatic N) is 1. The van der Waals surface area contributed by atoms with Gasteiger partial charge >= 0.3 is 11.9 Å². The van der Waals surface area contributed by atoms with Gasteiger partial charge in [0.2, 0.25) is 0 Å². The maximum atomic E-state index is 12.2. The second kappa shape index (κ2) is 4.84. The summed E-state index contributed by atoms with van der Waals surface area (Å²) in [7, 11) is 0. The molecule has 3 heterocycles. The summed E-state index contributed by atoms with van der Waals surface area (Å²) in [4.78, 5) is 26.3. The van der Waals surface area contributed by atoms with Gasteiger partial charge in [0.25, 0.3) is 0 Å². The van der Waals surface area contributed by atoms with Gasteiger partial charge in [0.05, 0.1) is 18.6 Å². The van der Waals surface area contributed by atoms with Crippen molar-refractivity contribution in [2.24, 2.45) is 11.8 Å². The van der Waals surface area contributed by atoms with Crippen molar-refractivity contribution in [1.29, 1.82) is 0 Å². The third-order valence-electron chi connectivity index (χ3n) is 4.90. The summed E-state index contributed by atoms with van der Waals surface area (Å²) in [6, 6.07) is 9.75. The highest BCUT2D eigenvalue weighted by molar-refractivity contribution is 5.82. The molecule has 5 heteroatoms. The summed E-state index contributed by atoms with van der Waals surface area (Å²) in [6.45, 7) is 1.35. The van der Waals surface area contributed by atoms with Crippen LogP contribution in [0.15, 0.2) is 30.3 Å². The van der Waals surface area contributed by atoms with Crippen molar-refractivity contribution in [3.05, 3.63) is 35.9 Å². The first-order valence-electron chi connectivity index (χ1n) is 7.39. The smallest absolute Gasteiger partial charge is 0.323 e. The van der Waals surface area contributed by atoms with Gasteiger partial charge < -0.3 is 9.47 Å². The second-order valence-corrected chi connectivity index (χ2v) is 5.92. The van der Waals surface area contributed by atoms with Crippen molar-refractivity contribution in [2.75, 3.05) is 19.8 Å². The monoisotopic (exact) mass is 287 g/mol. The Balaban J connectivity index is 1.68. The Kier molecular flexibility index (Phi) is 2.96. The Morgan fingerprint density at radius 3 is 2.67 bits per heavy atom. The number of carbonyl (C=O) groups is 2. The van der Waals surface area contributed by atoms with E-state index in [0.717, 1.165) is 12.0 Å². The zero-order chi connectivity index (χ0) is 14.4. The van der Waals surface area contributed by atoms with E-state index in [4.69, 9.17) is 9.47 Å². The average Bonchev–Trinajstić information content (AvgIpc) is 2.90. The molecule has 3 aliphatic rings. The van der Waals surface area contributed by atoms with Gasteiger partial charge in [0.1, 0.15) is 12.6 Å². The predicted molar refractivity (Wildman–Crippen MR) is 73.2 cm³/mol. The van der Waals surface area contributed by atoms with Crippen LogP contribution in [0, 0.1) is 11.8 Å². The van der Waals surface area contributed by atoms with Crippen molar-refractivity contribution >= 4 is 11.9 Å². The molecule has 4 rings (SSSR count). The van der Waals surface area contributed by atoms with Crippen LogP contribution < -0.4 is 0 Å². The SMILES string of the molecule is O=C1OCC[C@H]2[C@@H]1CN1[C@@H](c3ccccc3)COC(=O)[C@H]21. The number of fused-ring (bicyclic) bond motifs is 3. The van der Waals surface area contributed by atoms with Crippen molar-refractivity contribution in [2.45, 2.75) is 18.5 Å². The van der Waals surface area contributed by atoms with Crippen LogP contribution in [0.4, 0.5) is 0 Å². The van der Waals surface area contributed by atoms with Gasteiger partial charge in [-0.25, -0.2) is 0 Å². The molecule has 0 aromatic heterocycles. The highest BCUT2D eigenvalue weighted by atomic mass is 16.5. The predicted octanol–water partition coefficient (Wildman–Crippen LogP) is 1.15. The molecule has 0 N–H and O–H groups in total. The lowest BCUT2D eigenvalue weighted by Crippen LogP contribution is -2.49. The fourth-order valence-electron chi connectivity index (χ4n) is 3.89. The van der Waals surface area contributed by atoms with Crippen molar-refractivity contribution in [1.82, 2.24) is 4.90 Å². The fourth-order valence-corrected chi connectivity index (χ4v) is 3.89. The minimum absolute atomic E-state index is 0.0327. The number of hydrogen-bond donors (Lipinski definition) is 0. The van der Waals surface area contributed by atoms with Crippen LogP contribution in [0.2, 0.25) is 0 Å². The fraction of sp³-hybridized carbons (Fsp3) is 0.500. The van der Waals surface area contributed by atoms with E-state index in [0.29, 0.717) is 19.8 Å². The topological polar surface area (TPSA) is 55.8 Å². The van der Waals surface area contributed by atoms with E-state index in [-0.39, 0.29) is 35.9 Å². The minimum Gasteiger partial charge on any atom is -0.465 e. The van der Waals surface area contributed by atoms with Crippen LogP contribution in [0.25, 0.3) is 0 Å². The van der Waals surface area contributed by atoms with E-state index in [1.807, 2.05) is 30.3 Å². The van der Waals surface area contributed by atoms with Crippen LogP contribution >= 0.6 is 0 Å². The van der Waals surface area contributed by atoms with Crippen molar-refractivity contribution in [3.63, 3.8) is 0 Å². The number of carbonyl (C=O) groups excluding carboxylic acids is 2. The maximum absolute atomic E-state index is 12.2. The Morgan fingerprint density at radius 2 is 1.86 bits per heavy atom. The second-order valence-electron chi connectivity index (χ2n) is 5.92. The standard InChI is InChI=1S/C16H17NO4/c18-15-12-8-17-13(10-4-2-1-3-5-10)9-21-16(19)14(17)11(12)6-7-20-15/h1-5,11-14H,6-9H2/t11-,12-,13+,14-/m0/s1. The van der Waals surface area contributed by atoms with Crippen molar-refractivity contribution in [3.8, 4) is 0 Å². The van der Waals surface area contributed by atoms with E-state index in [2.05, 4.69) is 4.90 Å². The van der Waals surface area contributed by atoms with E-state index in [1.54, 1.807) is 0 Å². The molecule has 0 bridgehead atoms. The molecule has 110 valence electrons. The first-order valence-corrected chi connectivity index (χ1v) is 7.39. The van der Waals surface area contributed by atoms with Gasteiger partial charge in [-0.15, -0.1) is 0 Å². The maximum Gasteiger partial charge on any atom is 0.323 e. The number of benzene rings is 1. The average molecular weight is 287 g/mol. The van der Waals surface area contributed by atoms with E-state index < -0.39 is 0 Å². The largest absolute Gasteiger partial charge is 0.465 e. The molecule has 0 radical (unpaired) electrons. The highest BCUT2D eigenvalue weighted by Gasteiger charge is 2.55. The number of esters is 2. The summed E-state index contributed by atoms with van der Waals surface area (Å²) in [6.07, 6.45) is 0.744. The summed E-state index contributed by atoms with van der Waals surface area (Å²) < 4.78 is 10.6. The summed E-state index contributed by atoms with van der Waals surface area (Å²) >= 11 is 0. The third-order valence-corrected chi connectivity index (χ3v) is 4.90. The van der Waals surface area contributed by atoms with Gasteiger partial charge in [-0.2, -0.15) is 0 Å². The molecule has 0 aliphatic carbocycles. The molecule has 3 saturated heterocycles. The van der Waals surface area contributed by atoms with E-state index >= 15 is 0 Å². The Bertz CT molecular complexity index is 573. The first-order chi connectivity index (χ1) is 10.3. The summed E-state index contributed by atoms with van der Waals surface area (Å²) in [5.74, 6) is -0.518. The molecule has 3 aliphatic heterocycles. The summed E-state index contributed by atoms with van der Waals surface area (Å²) in [5, 5.41) is 0. The molecular formula is C16H17NO4. The van der Waals surface area contributed by atoms with Crippen molar-refractivity contribution < 1.29 is 19.1 Å². The molecule has 0 spiro atoms. The van der Waals surface area contributed by atoms with Gasteiger partial charge in [0, 0.05) is 12.5 Å². The van der Waals surface area contributed by atoms with Crippen LogP contribution in [0.5, 0.6) is 0 Å². The highest BCUT2D eigenvalue weighted by Crippen LogP contribution is 2.43. The van der Waals surface area contributed by atoms with E-state index in [1.165, 1.54) is 0 Å². The molecular weight excluding hydrogens is 270 g/mol. The number of ether oxygens (including phenoxy) is 2. The molecule has 0 amide bonds.